The molecule has 1 spiro atoms. The van der Waals surface area contributed by atoms with Crippen molar-refractivity contribution in [1.29, 1.82) is 0 Å². The number of nitrogen functional groups attached to an aromatic ring is 1. The van der Waals surface area contributed by atoms with E-state index in [-0.39, 0.29) is 0 Å². The van der Waals surface area contributed by atoms with Crippen LogP contribution in [0.3, 0.4) is 0 Å². The van der Waals surface area contributed by atoms with E-state index >= 15 is 0 Å². The summed E-state index contributed by atoms with van der Waals surface area (Å²) in [5.41, 5.74) is 8.42. The second-order valence-corrected chi connectivity index (χ2v) is 7.10. The van der Waals surface area contributed by atoms with Crippen molar-refractivity contribution in [1.82, 2.24) is 4.90 Å². The quantitative estimate of drug-likeness (QED) is 0.815. The van der Waals surface area contributed by atoms with E-state index in [0.29, 0.717) is 16.1 Å². The number of benzene rings is 1. The molecule has 20 heavy (non-hydrogen) atoms. The maximum absolute atomic E-state index is 6.10. The van der Waals surface area contributed by atoms with Crippen LogP contribution >= 0.6 is 11.6 Å². The maximum Gasteiger partial charge on any atom is 0.0638 e. The molecule has 0 bridgehead atoms. The summed E-state index contributed by atoms with van der Waals surface area (Å²) in [5.74, 6) is 0. The van der Waals surface area contributed by atoms with Gasteiger partial charge in [0.15, 0.2) is 0 Å². The van der Waals surface area contributed by atoms with Gasteiger partial charge in [-0.05, 0) is 61.9 Å². The van der Waals surface area contributed by atoms with Gasteiger partial charge in [0.25, 0.3) is 0 Å². The number of nitrogens with zero attached hydrogens (tertiary/aromatic N) is 1. The predicted molar refractivity (Wildman–Crippen MR) is 85.9 cm³/mol. The molecule has 3 heteroatoms. The van der Waals surface area contributed by atoms with Gasteiger partial charge in [-0.3, -0.25) is 4.90 Å². The highest BCUT2D eigenvalue weighted by molar-refractivity contribution is 6.33. The molecular formula is C17H25ClN2. The number of rotatable bonds is 2. The number of hydrogen-bond donors (Lipinski definition) is 1. The minimum atomic E-state index is 0.676. The Morgan fingerprint density at radius 1 is 1.05 bits per heavy atom. The zero-order chi connectivity index (χ0) is 14.0. The van der Waals surface area contributed by atoms with Gasteiger partial charge in [-0.2, -0.15) is 0 Å². The number of nitrogens with two attached hydrogens (primary N) is 1. The van der Waals surface area contributed by atoms with E-state index in [4.69, 9.17) is 17.3 Å². The van der Waals surface area contributed by atoms with Crippen LogP contribution in [0.25, 0.3) is 0 Å². The fourth-order valence-corrected chi connectivity index (χ4v) is 4.12. The first-order valence-electron chi connectivity index (χ1n) is 7.93. The van der Waals surface area contributed by atoms with Gasteiger partial charge in [0, 0.05) is 6.54 Å². The molecule has 2 nitrogen and oxygen atoms in total. The van der Waals surface area contributed by atoms with Gasteiger partial charge in [-0.1, -0.05) is 36.9 Å². The predicted octanol–water partition coefficient (Wildman–Crippen LogP) is 4.47. The van der Waals surface area contributed by atoms with E-state index in [1.807, 2.05) is 12.1 Å². The minimum absolute atomic E-state index is 0.676. The van der Waals surface area contributed by atoms with E-state index < -0.39 is 0 Å². The summed E-state index contributed by atoms with van der Waals surface area (Å²) in [6.07, 6.45) is 10.1. The average Bonchev–Trinajstić information content (AvgIpc) is 2.47. The van der Waals surface area contributed by atoms with Crippen LogP contribution in [0.1, 0.15) is 50.5 Å². The van der Waals surface area contributed by atoms with Gasteiger partial charge in [-0.15, -0.1) is 0 Å². The lowest BCUT2D eigenvalue weighted by atomic mass is 9.68. The molecule has 0 amide bonds. The Morgan fingerprint density at radius 2 is 1.75 bits per heavy atom. The van der Waals surface area contributed by atoms with Gasteiger partial charge in [0.2, 0.25) is 0 Å². The van der Waals surface area contributed by atoms with Crippen molar-refractivity contribution >= 4 is 17.3 Å². The number of anilines is 1. The van der Waals surface area contributed by atoms with E-state index in [0.717, 1.165) is 6.54 Å². The largest absolute Gasteiger partial charge is 0.398 e. The molecule has 110 valence electrons. The van der Waals surface area contributed by atoms with E-state index in [1.165, 1.54) is 63.6 Å². The molecule has 2 fully saturated rings. The zero-order valence-corrected chi connectivity index (χ0v) is 13.0. The van der Waals surface area contributed by atoms with Crippen LogP contribution in [-0.4, -0.2) is 18.0 Å². The SMILES string of the molecule is Nc1ccc(CN2CCC3(CCCCC3)CC2)cc1Cl. The monoisotopic (exact) mass is 292 g/mol. The molecule has 1 aliphatic carbocycles. The summed E-state index contributed by atoms with van der Waals surface area (Å²) < 4.78 is 0. The fraction of sp³-hybridized carbons (Fsp3) is 0.647. The van der Waals surface area contributed by atoms with Crippen LogP contribution in [0.15, 0.2) is 18.2 Å². The average molecular weight is 293 g/mol. The van der Waals surface area contributed by atoms with Crippen LogP contribution < -0.4 is 5.73 Å². The molecule has 0 aromatic heterocycles. The minimum Gasteiger partial charge on any atom is -0.398 e. The van der Waals surface area contributed by atoms with Crippen molar-refractivity contribution in [3.05, 3.63) is 28.8 Å². The van der Waals surface area contributed by atoms with Crippen molar-refractivity contribution in [2.45, 2.75) is 51.5 Å². The highest BCUT2D eigenvalue weighted by Crippen LogP contribution is 2.44. The van der Waals surface area contributed by atoms with Crippen molar-refractivity contribution in [3.8, 4) is 0 Å². The highest BCUT2D eigenvalue weighted by atomic mass is 35.5. The Morgan fingerprint density at radius 3 is 2.40 bits per heavy atom. The molecule has 0 unspecified atom stereocenters. The highest BCUT2D eigenvalue weighted by Gasteiger charge is 2.35. The van der Waals surface area contributed by atoms with Gasteiger partial charge in [-0.25, -0.2) is 0 Å². The third-order valence-electron chi connectivity index (χ3n) is 5.30. The number of likely N-dealkylation sites (tertiary alicyclic amines) is 1. The molecule has 1 heterocycles. The third kappa shape index (κ3) is 3.12. The molecular weight excluding hydrogens is 268 g/mol. The first kappa shape index (κ1) is 14.2. The summed E-state index contributed by atoms with van der Waals surface area (Å²) in [6, 6.07) is 6.04. The summed E-state index contributed by atoms with van der Waals surface area (Å²) in [5, 5.41) is 0.684. The Kier molecular flexibility index (Phi) is 4.23. The molecule has 3 rings (SSSR count). The summed E-state index contributed by atoms with van der Waals surface area (Å²) in [6.45, 7) is 3.49. The van der Waals surface area contributed by atoms with Crippen LogP contribution in [0, 0.1) is 5.41 Å². The Balaban J connectivity index is 1.56. The lowest BCUT2D eigenvalue weighted by Gasteiger charge is -2.44. The van der Waals surface area contributed by atoms with E-state index in [1.54, 1.807) is 0 Å². The van der Waals surface area contributed by atoms with Crippen molar-refractivity contribution in [2.24, 2.45) is 5.41 Å². The molecule has 2 N–H and O–H groups in total. The van der Waals surface area contributed by atoms with Crippen molar-refractivity contribution in [3.63, 3.8) is 0 Å². The third-order valence-corrected chi connectivity index (χ3v) is 5.63. The van der Waals surface area contributed by atoms with Gasteiger partial charge >= 0.3 is 0 Å². The lowest BCUT2D eigenvalue weighted by Crippen LogP contribution is -2.40. The smallest absolute Gasteiger partial charge is 0.0638 e. The van der Waals surface area contributed by atoms with Crippen LogP contribution in [0.2, 0.25) is 5.02 Å². The molecule has 1 saturated carbocycles. The molecule has 0 radical (unpaired) electrons. The molecule has 2 aliphatic rings. The summed E-state index contributed by atoms with van der Waals surface area (Å²) >= 11 is 6.10. The Labute approximate surface area is 127 Å². The molecule has 1 saturated heterocycles. The number of halogens is 1. The molecule has 1 aromatic rings. The van der Waals surface area contributed by atoms with Crippen LogP contribution in [0.5, 0.6) is 0 Å². The topological polar surface area (TPSA) is 29.3 Å². The Hall–Kier alpha value is -0.730. The van der Waals surface area contributed by atoms with Crippen LogP contribution in [0.4, 0.5) is 5.69 Å². The van der Waals surface area contributed by atoms with Gasteiger partial charge in [0.05, 0.1) is 10.7 Å². The normalized spacial score (nSPS) is 23.1. The standard InChI is InChI=1S/C17H25ClN2/c18-15-12-14(4-5-16(15)19)13-20-10-8-17(9-11-20)6-2-1-3-7-17/h4-5,12H,1-3,6-11,13,19H2. The van der Waals surface area contributed by atoms with Gasteiger partial charge in [0.1, 0.15) is 0 Å². The summed E-state index contributed by atoms with van der Waals surface area (Å²) in [7, 11) is 0. The number of piperidine rings is 1. The maximum atomic E-state index is 6.10. The fourth-order valence-electron chi connectivity index (χ4n) is 3.91. The summed E-state index contributed by atoms with van der Waals surface area (Å²) in [4.78, 5) is 2.57. The van der Waals surface area contributed by atoms with Crippen LogP contribution in [-0.2, 0) is 6.54 Å². The van der Waals surface area contributed by atoms with Crippen molar-refractivity contribution < 1.29 is 0 Å². The first-order valence-corrected chi connectivity index (χ1v) is 8.31. The van der Waals surface area contributed by atoms with Crippen molar-refractivity contribution in [2.75, 3.05) is 18.8 Å². The molecule has 1 aliphatic heterocycles. The molecule has 0 atom stereocenters. The van der Waals surface area contributed by atoms with E-state index in [2.05, 4.69) is 11.0 Å². The second-order valence-electron chi connectivity index (χ2n) is 6.69. The Bertz CT molecular complexity index is 456. The first-order chi connectivity index (χ1) is 9.67. The molecule has 1 aromatic carbocycles. The number of hydrogen-bond acceptors (Lipinski definition) is 2. The van der Waals surface area contributed by atoms with Gasteiger partial charge < -0.3 is 5.73 Å². The van der Waals surface area contributed by atoms with E-state index in [9.17, 15) is 0 Å². The zero-order valence-electron chi connectivity index (χ0n) is 12.2. The second kappa shape index (κ2) is 5.95. The lowest BCUT2D eigenvalue weighted by molar-refractivity contribution is 0.0641.